The van der Waals surface area contributed by atoms with Crippen LogP contribution in [0.25, 0.3) is 0 Å². The predicted molar refractivity (Wildman–Crippen MR) is 87.8 cm³/mol. The van der Waals surface area contributed by atoms with Crippen molar-refractivity contribution in [1.29, 1.82) is 0 Å². The van der Waals surface area contributed by atoms with Gasteiger partial charge in [-0.15, -0.1) is 12.4 Å². The number of thioether (sulfide) groups is 1. The van der Waals surface area contributed by atoms with Crippen molar-refractivity contribution in [2.75, 3.05) is 32.2 Å². The van der Waals surface area contributed by atoms with Gasteiger partial charge in [-0.1, -0.05) is 0 Å². The van der Waals surface area contributed by atoms with Gasteiger partial charge in [-0.05, 0) is 42.7 Å². The number of halogens is 2. The van der Waals surface area contributed by atoms with Crippen LogP contribution in [0.3, 0.4) is 0 Å². The van der Waals surface area contributed by atoms with Crippen LogP contribution >= 0.6 is 24.2 Å². The average molecular weight is 337 g/mol. The van der Waals surface area contributed by atoms with E-state index in [9.17, 15) is 9.18 Å². The molecule has 2 N–H and O–H groups in total. The molecule has 7 heteroatoms. The van der Waals surface area contributed by atoms with Gasteiger partial charge < -0.3 is 15.4 Å². The van der Waals surface area contributed by atoms with Gasteiger partial charge in [0, 0.05) is 7.05 Å². The van der Waals surface area contributed by atoms with Gasteiger partial charge in [0.2, 0.25) is 5.91 Å². The summed E-state index contributed by atoms with van der Waals surface area (Å²) in [6.45, 7) is 0.798. The summed E-state index contributed by atoms with van der Waals surface area (Å²) in [4.78, 5) is 13.5. The molecule has 1 amide bonds. The second-order valence-corrected chi connectivity index (χ2v) is 5.44. The molecule has 0 saturated carbocycles. The summed E-state index contributed by atoms with van der Waals surface area (Å²) in [5.74, 6) is 1.07. The van der Waals surface area contributed by atoms with Crippen LogP contribution in [0, 0.1) is 5.82 Å². The molecule has 0 saturated heterocycles. The van der Waals surface area contributed by atoms with Crippen molar-refractivity contribution in [3.8, 4) is 5.75 Å². The molecule has 0 aliphatic rings. The fourth-order valence-electron chi connectivity index (χ4n) is 1.59. The number of ether oxygens (including phenoxy) is 1. The molecule has 0 fully saturated rings. The summed E-state index contributed by atoms with van der Waals surface area (Å²) in [5, 5.41) is 0. The molecule has 21 heavy (non-hydrogen) atoms. The summed E-state index contributed by atoms with van der Waals surface area (Å²) < 4.78 is 18.1. The molecule has 1 atom stereocenters. The van der Waals surface area contributed by atoms with E-state index in [0.717, 1.165) is 5.75 Å². The number of rotatable bonds is 8. The number of nitrogens with two attached hydrogens (primary N) is 1. The minimum absolute atomic E-state index is 0. The molecule has 0 unspecified atom stereocenters. The highest BCUT2D eigenvalue weighted by molar-refractivity contribution is 7.98. The van der Waals surface area contributed by atoms with Crippen LogP contribution in [-0.2, 0) is 4.79 Å². The summed E-state index contributed by atoms with van der Waals surface area (Å²) in [5.41, 5.74) is 5.82. The number of benzene rings is 1. The Bertz CT molecular complexity index is 420. The van der Waals surface area contributed by atoms with Crippen molar-refractivity contribution in [2.45, 2.75) is 12.5 Å². The number of hydrogen-bond acceptors (Lipinski definition) is 4. The first-order chi connectivity index (χ1) is 9.54. The summed E-state index contributed by atoms with van der Waals surface area (Å²) in [6, 6.07) is 5.33. The maximum absolute atomic E-state index is 12.7. The van der Waals surface area contributed by atoms with E-state index in [-0.39, 0.29) is 24.1 Å². The zero-order valence-corrected chi connectivity index (χ0v) is 13.9. The molecule has 120 valence electrons. The zero-order chi connectivity index (χ0) is 15.0. The standard InChI is InChI=1S/C14H21FN2O2S.ClH/c1-17(14(18)13(16)7-10-20-2)8-9-19-12-5-3-11(15)4-6-12;/h3-6,13H,7-10,16H2,1-2H3;1H/t13-;/m0./s1. The van der Waals surface area contributed by atoms with E-state index in [1.165, 1.54) is 12.1 Å². The van der Waals surface area contributed by atoms with Crippen molar-refractivity contribution in [1.82, 2.24) is 4.90 Å². The number of carbonyl (C=O) groups is 1. The first kappa shape index (κ1) is 20.0. The van der Waals surface area contributed by atoms with Crippen molar-refractivity contribution in [3.63, 3.8) is 0 Å². The third-order valence-corrected chi connectivity index (χ3v) is 3.48. The Morgan fingerprint density at radius 3 is 2.62 bits per heavy atom. The fourth-order valence-corrected chi connectivity index (χ4v) is 2.08. The Kier molecular flexibility index (Phi) is 10.2. The first-order valence-corrected chi connectivity index (χ1v) is 7.82. The predicted octanol–water partition coefficient (Wildman–Crippen LogP) is 2.17. The van der Waals surface area contributed by atoms with Crippen LogP contribution in [-0.4, -0.2) is 49.1 Å². The lowest BCUT2D eigenvalue weighted by atomic mass is 10.2. The summed E-state index contributed by atoms with van der Waals surface area (Å²) in [7, 11) is 1.70. The Morgan fingerprint density at radius 1 is 1.43 bits per heavy atom. The van der Waals surface area contributed by atoms with E-state index in [2.05, 4.69) is 0 Å². The molecule has 0 aliphatic carbocycles. The zero-order valence-electron chi connectivity index (χ0n) is 12.3. The van der Waals surface area contributed by atoms with Gasteiger partial charge in [0.05, 0.1) is 12.6 Å². The second kappa shape index (κ2) is 10.7. The number of hydrogen-bond donors (Lipinski definition) is 1. The summed E-state index contributed by atoms with van der Waals surface area (Å²) >= 11 is 1.67. The van der Waals surface area contributed by atoms with Crippen molar-refractivity contribution < 1.29 is 13.9 Å². The number of nitrogens with zero attached hydrogens (tertiary/aromatic N) is 1. The molecular formula is C14H22ClFN2O2S. The quantitative estimate of drug-likeness (QED) is 0.790. The SMILES string of the molecule is CSCC[C@H](N)C(=O)N(C)CCOc1ccc(F)cc1.Cl. The largest absolute Gasteiger partial charge is 0.492 e. The molecule has 1 aromatic rings. The van der Waals surface area contributed by atoms with E-state index >= 15 is 0 Å². The monoisotopic (exact) mass is 336 g/mol. The highest BCUT2D eigenvalue weighted by Crippen LogP contribution is 2.10. The van der Waals surface area contributed by atoms with Crippen LogP contribution in [0.1, 0.15) is 6.42 Å². The van der Waals surface area contributed by atoms with Crippen LogP contribution in [0.4, 0.5) is 4.39 Å². The third kappa shape index (κ3) is 7.55. The van der Waals surface area contributed by atoms with Gasteiger partial charge >= 0.3 is 0 Å². The average Bonchev–Trinajstić information content (AvgIpc) is 2.45. The molecule has 4 nitrogen and oxygen atoms in total. The second-order valence-electron chi connectivity index (χ2n) is 4.45. The number of carbonyl (C=O) groups excluding carboxylic acids is 1. The van der Waals surface area contributed by atoms with Gasteiger partial charge in [-0.2, -0.15) is 11.8 Å². The number of likely N-dealkylation sites (N-methyl/N-ethyl adjacent to an activating group) is 1. The Labute approximate surface area is 135 Å². The molecule has 0 heterocycles. The maximum atomic E-state index is 12.7. The van der Waals surface area contributed by atoms with Gasteiger partial charge in [-0.3, -0.25) is 4.79 Å². The molecule has 0 aliphatic heterocycles. The molecule has 0 spiro atoms. The van der Waals surface area contributed by atoms with Gasteiger partial charge in [0.1, 0.15) is 18.2 Å². The van der Waals surface area contributed by atoms with Crippen LogP contribution in [0.2, 0.25) is 0 Å². The lowest BCUT2D eigenvalue weighted by molar-refractivity contribution is -0.131. The lowest BCUT2D eigenvalue weighted by Gasteiger charge is -2.21. The Balaban J connectivity index is 0.00000400. The maximum Gasteiger partial charge on any atom is 0.239 e. The van der Waals surface area contributed by atoms with Crippen molar-refractivity contribution in [2.24, 2.45) is 5.73 Å². The van der Waals surface area contributed by atoms with E-state index in [1.807, 2.05) is 6.26 Å². The summed E-state index contributed by atoms with van der Waals surface area (Å²) in [6.07, 6.45) is 2.65. The molecule has 1 rings (SSSR count). The smallest absolute Gasteiger partial charge is 0.239 e. The van der Waals surface area contributed by atoms with Crippen molar-refractivity contribution >= 4 is 30.1 Å². The van der Waals surface area contributed by atoms with E-state index in [0.29, 0.717) is 25.3 Å². The van der Waals surface area contributed by atoms with E-state index < -0.39 is 6.04 Å². The van der Waals surface area contributed by atoms with E-state index in [1.54, 1.807) is 35.8 Å². The first-order valence-electron chi connectivity index (χ1n) is 6.42. The number of amides is 1. The third-order valence-electron chi connectivity index (χ3n) is 2.84. The lowest BCUT2D eigenvalue weighted by Crippen LogP contribution is -2.43. The minimum atomic E-state index is -0.460. The highest BCUT2D eigenvalue weighted by atomic mass is 35.5. The highest BCUT2D eigenvalue weighted by Gasteiger charge is 2.17. The molecule has 0 aromatic heterocycles. The Hall–Kier alpha value is -0.980. The van der Waals surface area contributed by atoms with Crippen LogP contribution < -0.4 is 10.5 Å². The topological polar surface area (TPSA) is 55.6 Å². The van der Waals surface area contributed by atoms with Crippen molar-refractivity contribution in [3.05, 3.63) is 30.1 Å². The van der Waals surface area contributed by atoms with Gasteiger partial charge in [0.25, 0.3) is 0 Å². The van der Waals surface area contributed by atoms with Crippen LogP contribution in [0.5, 0.6) is 5.75 Å². The minimum Gasteiger partial charge on any atom is -0.492 e. The molecular weight excluding hydrogens is 315 g/mol. The molecule has 0 radical (unpaired) electrons. The van der Waals surface area contributed by atoms with Crippen LogP contribution in [0.15, 0.2) is 24.3 Å². The van der Waals surface area contributed by atoms with E-state index in [4.69, 9.17) is 10.5 Å². The fraction of sp³-hybridized carbons (Fsp3) is 0.500. The molecule has 1 aromatic carbocycles. The van der Waals surface area contributed by atoms with Gasteiger partial charge in [0.15, 0.2) is 0 Å². The normalized spacial score (nSPS) is 11.4. The Morgan fingerprint density at radius 2 is 2.05 bits per heavy atom. The van der Waals surface area contributed by atoms with Gasteiger partial charge in [-0.25, -0.2) is 4.39 Å². The molecule has 0 bridgehead atoms.